The van der Waals surface area contributed by atoms with E-state index >= 15 is 0 Å². The number of nitrogens with one attached hydrogen (secondary N) is 1. The standard InChI is InChI=1S/C18H24N2O6S/c1-12-10-14(5-7-16(12)25-2)27(23,24)20-15(6-8-17(20)21)18(22)19-11-13-4-3-9-26-13/h5,7,10,13,15H,3-4,6,8-9,11H2,1-2H3,(H,19,22)/t13-,15-/m0/s1. The minimum Gasteiger partial charge on any atom is -0.496 e. The Kier molecular flexibility index (Phi) is 5.71. The Morgan fingerprint density at radius 3 is 2.78 bits per heavy atom. The van der Waals surface area contributed by atoms with Crippen molar-refractivity contribution in [3.8, 4) is 5.75 Å². The zero-order valence-electron chi connectivity index (χ0n) is 15.4. The summed E-state index contributed by atoms with van der Waals surface area (Å²) in [6, 6.07) is 3.33. The molecule has 0 bridgehead atoms. The molecule has 0 aromatic heterocycles. The SMILES string of the molecule is COc1ccc(S(=O)(=O)N2C(=O)CC[C@H]2C(=O)NC[C@@H]2CCCO2)cc1C. The molecule has 0 unspecified atom stereocenters. The molecule has 0 aliphatic carbocycles. The first-order chi connectivity index (χ1) is 12.8. The maximum atomic E-state index is 13.0. The zero-order chi connectivity index (χ0) is 19.6. The van der Waals surface area contributed by atoms with Gasteiger partial charge in [0.15, 0.2) is 0 Å². The highest BCUT2D eigenvalue weighted by Gasteiger charge is 2.44. The van der Waals surface area contributed by atoms with Crippen molar-refractivity contribution in [2.75, 3.05) is 20.3 Å². The van der Waals surface area contributed by atoms with Crippen LogP contribution in [0, 0.1) is 6.92 Å². The fraction of sp³-hybridized carbons (Fsp3) is 0.556. The lowest BCUT2D eigenvalue weighted by Crippen LogP contribution is -2.48. The van der Waals surface area contributed by atoms with Crippen LogP contribution in [0.25, 0.3) is 0 Å². The summed E-state index contributed by atoms with van der Waals surface area (Å²) >= 11 is 0. The number of nitrogens with zero attached hydrogens (tertiary/aromatic N) is 1. The number of aryl methyl sites for hydroxylation is 1. The van der Waals surface area contributed by atoms with E-state index in [4.69, 9.17) is 9.47 Å². The lowest BCUT2D eigenvalue weighted by molar-refractivity contribution is -0.130. The van der Waals surface area contributed by atoms with E-state index in [-0.39, 0.29) is 23.8 Å². The Labute approximate surface area is 158 Å². The molecule has 0 radical (unpaired) electrons. The van der Waals surface area contributed by atoms with E-state index in [9.17, 15) is 18.0 Å². The second-order valence-electron chi connectivity index (χ2n) is 6.76. The van der Waals surface area contributed by atoms with E-state index in [0.717, 1.165) is 17.1 Å². The number of hydrogen-bond donors (Lipinski definition) is 1. The number of ether oxygens (including phenoxy) is 2. The number of sulfonamides is 1. The molecule has 3 rings (SSSR count). The van der Waals surface area contributed by atoms with Crippen LogP contribution in [0.2, 0.25) is 0 Å². The highest BCUT2D eigenvalue weighted by molar-refractivity contribution is 7.89. The molecule has 148 valence electrons. The van der Waals surface area contributed by atoms with Crippen molar-refractivity contribution >= 4 is 21.8 Å². The molecule has 1 aromatic rings. The van der Waals surface area contributed by atoms with Crippen LogP contribution in [-0.4, -0.2) is 56.9 Å². The summed E-state index contributed by atoms with van der Waals surface area (Å²) in [5, 5.41) is 2.73. The predicted octanol–water partition coefficient (Wildman–Crippen LogP) is 0.979. The number of amides is 2. The van der Waals surface area contributed by atoms with Crippen LogP contribution in [0.1, 0.15) is 31.2 Å². The molecule has 27 heavy (non-hydrogen) atoms. The predicted molar refractivity (Wildman–Crippen MR) is 96.8 cm³/mol. The summed E-state index contributed by atoms with van der Waals surface area (Å²) in [6.45, 7) is 2.70. The number of methoxy groups -OCH3 is 1. The van der Waals surface area contributed by atoms with Gasteiger partial charge in [0.2, 0.25) is 11.8 Å². The van der Waals surface area contributed by atoms with Gasteiger partial charge in [0.1, 0.15) is 11.8 Å². The van der Waals surface area contributed by atoms with Gasteiger partial charge >= 0.3 is 0 Å². The molecule has 2 aliphatic rings. The van der Waals surface area contributed by atoms with Crippen molar-refractivity contribution in [3.05, 3.63) is 23.8 Å². The quantitative estimate of drug-likeness (QED) is 0.769. The topological polar surface area (TPSA) is 102 Å². The number of carbonyl (C=O) groups excluding carboxylic acids is 2. The molecule has 0 spiro atoms. The van der Waals surface area contributed by atoms with Crippen molar-refractivity contribution in [3.63, 3.8) is 0 Å². The molecule has 1 N–H and O–H groups in total. The largest absolute Gasteiger partial charge is 0.496 e. The average Bonchev–Trinajstić information content (AvgIpc) is 3.29. The van der Waals surface area contributed by atoms with E-state index in [1.54, 1.807) is 6.92 Å². The molecule has 2 saturated heterocycles. The smallest absolute Gasteiger partial charge is 0.267 e. The summed E-state index contributed by atoms with van der Waals surface area (Å²) in [6.07, 6.45) is 1.94. The minimum absolute atomic E-state index is 0.0202. The van der Waals surface area contributed by atoms with Gasteiger partial charge in [-0.05, 0) is 49.9 Å². The third-order valence-corrected chi connectivity index (χ3v) is 6.74. The van der Waals surface area contributed by atoms with E-state index in [0.29, 0.717) is 24.5 Å². The van der Waals surface area contributed by atoms with Gasteiger partial charge in [-0.25, -0.2) is 12.7 Å². The molecule has 0 saturated carbocycles. The van der Waals surface area contributed by atoms with Crippen LogP contribution in [0.5, 0.6) is 5.75 Å². The lowest BCUT2D eigenvalue weighted by Gasteiger charge is -2.24. The third kappa shape index (κ3) is 3.93. The fourth-order valence-corrected chi connectivity index (χ4v) is 5.15. The molecule has 1 aromatic carbocycles. The second-order valence-corrected chi connectivity index (χ2v) is 8.58. The molecule has 8 nitrogen and oxygen atoms in total. The Hall–Kier alpha value is -2.13. The van der Waals surface area contributed by atoms with Gasteiger partial charge < -0.3 is 14.8 Å². The van der Waals surface area contributed by atoms with E-state index in [1.807, 2.05) is 0 Å². The summed E-state index contributed by atoms with van der Waals surface area (Å²) in [4.78, 5) is 24.8. The first kappa shape index (κ1) is 19.6. The number of carbonyl (C=O) groups is 2. The van der Waals surface area contributed by atoms with Gasteiger partial charge in [0, 0.05) is 19.6 Å². The Morgan fingerprint density at radius 1 is 1.37 bits per heavy atom. The third-order valence-electron chi connectivity index (χ3n) is 4.91. The molecule has 9 heteroatoms. The average molecular weight is 396 g/mol. The van der Waals surface area contributed by atoms with Crippen molar-refractivity contribution < 1.29 is 27.5 Å². The minimum atomic E-state index is -4.13. The summed E-state index contributed by atoms with van der Waals surface area (Å²) in [7, 11) is -2.64. The normalized spacial score (nSPS) is 22.9. The Balaban J connectivity index is 1.80. The monoisotopic (exact) mass is 396 g/mol. The molecular weight excluding hydrogens is 372 g/mol. The molecule has 2 atom stereocenters. The van der Waals surface area contributed by atoms with Gasteiger partial charge in [-0.2, -0.15) is 0 Å². The van der Waals surface area contributed by atoms with Gasteiger partial charge in [-0.3, -0.25) is 9.59 Å². The number of hydrogen-bond acceptors (Lipinski definition) is 6. The summed E-state index contributed by atoms with van der Waals surface area (Å²) < 4.78 is 37.4. The first-order valence-corrected chi connectivity index (χ1v) is 10.4. The highest BCUT2D eigenvalue weighted by atomic mass is 32.2. The van der Waals surface area contributed by atoms with Gasteiger partial charge in [0.05, 0.1) is 18.1 Å². The van der Waals surface area contributed by atoms with Crippen LogP contribution < -0.4 is 10.1 Å². The Bertz CT molecular complexity index is 832. The van der Waals surface area contributed by atoms with Crippen molar-refractivity contribution in [1.82, 2.24) is 9.62 Å². The molecular formula is C18H24N2O6S. The molecule has 2 fully saturated rings. The maximum absolute atomic E-state index is 13.0. The summed E-state index contributed by atoms with van der Waals surface area (Å²) in [5.41, 5.74) is 0.629. The Morgan fingerprint density at radius 2 is 2.15 bits per heavy atom. The van der Waals surface area contributed by atoms with E-state index in [1.165, 1.54) is 25.3 Å². The van der Waals surface area contributed by atoms with Gasteiger partial charge in [-0.1, -0.05) is 0 Å². The van der Waals surface area contributed by atoms with Gasteiger partial charge in [-0.15, -0.1) is 0 Å². The maximum Gasteiger partial charge on any atom is 0.267 e. The molecule has 2 amide bonds. The van der Waals surface area contributed by atoms with Crippen molar-refractivity contribution in [2.24, 2.45) is 0 Å². The van der Waals surface area contributed by atoms with Crippen LogP contribution >= 0.6 is 0 Å². The molecule has 2 heterocycles. The fourth-order valence-electron chi connectivity index (χ4n) is 3.46. The van der Waals surface area contributed by atoms with E-state index < -0.39 is 27.9 Å². The first-order valence-electron chi connectivity index (χ1n) is 8.96. The van der Waals surface area contributed by atoms with Gasteiger partial charge in [0.25, 0.3) is 10.0 Å². The highest BCUT2D eigenvalue weighted by Crippen LogP contribution is 2.30. The number of benzene rings is 1. The van der Waals surface area contributed by atoms with Crippen molar-refractivity contribution in [1.29, 1.82) is 0 Å². The summed E-state index contributed by atoms with van der Waals surface area (Å²) in [5.74, 6) is -0.488. The zero-order valence-corrected chi connectivity index (χ0v) is 16.3. The lowest BCUT2D eigenvalue weighted by atomic mass is 10.2. The van der Waals surface area contributed by atoms with Crippen LogP contribution in [0.15, 0.2) is 23.1 Å². The molecule has 2 aliphatic heterocycles. The van der Waals surface area contributed by atoms with Crippen LogP contribution in [0.4, 0.5) is 0 Å². The van der Waals surface area contributed by atoms with Crippen molar-refractivity contribution in [2.45, 2.75) is 49.6 Å². The van der Waals surface area contributed by atoms with Crippen LogP contribution in [-0.2, 0) is 24.3 Å². The number of rotatable bonds is 6. The van der Waals surface area contributed by atoms with E-state index in [2.05, 4.69) is 5.32 Å². The second kappa shape index (κ2) is 7.85. The van der Waals surface area contributed by atoms with Crippen LogP contribution in [0.3, 0.4) is 0 Å².